The summed E-state index contributed by atoms with van der Waals surface area (Å²) in [4.78, 5) is 4.33. The Morgan fingerprint density at radius 1 is 1.44 bits per heavy atom. The molecule has 0 saturated heterocycles. The average Bonchev–Trinajstić information content (AvgIpc) is 3.05. The van der Waals surface area contributed by atoms with Crippen molar-refractivity contribution in [2.45, 2.75) is 32.7 Å². The Bertz CT molecular complexity index is 557. The summed E-state index contributed by atoms with van der Waals surface area (Å²) in [7, 11) is 0. The molecular weight excluding hydrogens is 222 g/mol. The molecule has 3 rings (SSSR count). The van der Waals surface area contributed by atoms with Crippen LogP contribution in [0.25, 0.3) is 11.3 Å². The molecule has 1 N–H and O–H groups in total. The highest BCUT2D eigenvalue weighted by Crippen LogP contribution is 2.35. The Hall–Kier alpha value is -1.77. The lowest BCUT2D eigenvalue weighted by Gasteiger charge is -2.16. The number of para-hydroxylation sites is 1. The maximum Gasteiger partial charge on any atom is 0.0953 e. The van der Waals surface area contributed by atoms with Crippen molar-refractivity contribution in [3.8, 4) is 11.3 Å². The van der Waals surface area contributed by atoms with Crippen molar-refractivity contribution in [2.24, 2.45) is 0 Å². The number of benzene rings is 1. The molecule has 0 spiro atoms. The van der Waals surface area contributed by atoms with Gasteiger partial charge in [0.2, 0.25) is 0 Å². The SMILES string of the molecule is CCC(C)n1cncc1-c1cccc2c1NCC2. The second kappa shape index (κ2) is 4.48. The molecule has 1 aliphatic rings. The first kappa shape index (κ1) is 11.3. The number of imidazole rings is 1. The third-order valence-corrected chi connectivity index (χ3v) is 3.85. The second-order valence-electron chi connectivity index (χ2n) is 4.96. The number of anilines is 1. The Morgan fingerprint density at radius 3 is 3.17 bits per heavy atom. The van der Waals surface area contributed by atoms with Gasteiger partial charge in [-0.1, -0.05) is 25.1 Å². The molecule has 0 fully saturated rings. The van der Waals surface area contributed by atoms with Crippen LogP contribution in [0.4, 0.5) is 5.69 Å². The quantitative estimate of drug-likeness (QED) is 0.891. The number of rotatable bonds is 3. The number of nitrogens with one attached hydrogen (secondary N) is 1. The van der Waals surface area contributed by atoms with Crippen LogP contribution in [0.15, 0.2) is 30.7 Å². The summed E-state index contributed by atoms with van der Waals surface area (Å²) < 4.78 is 2.27. The summed E-state index contributed by atoms with van der Waals surface area (Å²) >= 11 is 0. The molecule has 94 valence electrons. The number of fused-ring (bicyclic) bond motifs is 1. The van der Waals surface area contributed by atoms with Gasteiger partial charge in [-0.05, 0) is 25.3 Å². The lowest BCUT2D eigenvalue weighted by Crippen LogP contribution is -2.05. The van der Waals surface area contributed by atoms with E-state index in [-0.39, 0.29) is 0 Å². The second-order valence-corrected chi connectivity index (χ2v) is 4.96. The molecule has 0 amide bonds. The molecule has 1 aromatic heterocycles. The fourth-order valence-electron chi connectivity index (χ4n) is 2.61. The number of aromatic nitrogens is 2. The summed E-state index contributed by atoms with van der Waals surface area (Å²) in [5.41, 5.74) is 5.21. The molecule has 3 nitrogen and oxygen atoms in total. The summed E-state index contributed by atoms with van der Waals surface area (Å²) in [6.45, 7) is 5.49. The van der Waals surface area contributed by atoms with Crippen molar-refractivity contribution in [3.63, 3.8) is 0 Å². The van der Waals surface area contributed by atoms with Gasteiger partial charge in [0, 0.05) is 23.8 Å². The molecule has 1 aromatic carbocycles. The van der Waals surface area contributed by atoms with Crippen LogP contribution in [0.2, 0.25) is 0 Å². The van der Waals surface area contributed by atoms with E-state index in [0.29, 0.717) is 6.04 Å². The molecule has 2 aromatic rings. The maximum absolute atomic E-state index is 4.33. The monoisotopic (exact) mass is 241 g/mol. The van der Waals surface area contributed by atoms with Gasteiger partial charge in [0.05, 0.1) is 18.2 Å². The van der Waals surface area contributed by atoms with Gasteiger partial charge in [-0.25, -0.2) is 4.98 Å². The average molecular weight is 241 g/mol. The van der Waals surface area contributed by atoms with Gasteiger partial charge in [-0.3, -0.25) is 0 Å². The summed E-state index contributed by atoms with van der Waals surface area (Å²) in [5, 5.41) is 3.50. The highest BCUT2D eigenvalue weighted by molar-refractivity contribution is 5.79. The third kappa shape index (κ3) is 1.70. The fraction of sp³-hybridized carbons (Fsp3) is 0.400. The van der Waals surface area contributed by atoms with Crippen LogP contribution in [0.1, 0.15) is 31.9 Å². The molecule has 0 saturated carbocycles. The van der Waals surface area contributed by atoms with E-state index in [4.69, 9.17) is 0 Å². The number of hydrogen-bond acceptors (Lipinski definition) is 2. The Morgan fingerprint density at radius 2 is 2.33 bits per heavy atom. The fourth-order valence-corrected chi connectivity index (χ4v) is 2.61. The van der Waals surface area contributed by atoms with Crippen molar-refractivity contribution in [2.75, 3.05) is 11.9 Å². The molecule has 2 heterocycles. The zero-order chi connectivity index (χ0) is 12.5. The van der Waals surface area contributed by atoms with Gasteiger partial charge in [0.15, 0.2) is 0 Å². The van der Waals surface area contributed by atoms with E-state index in [0.717, 1.165) is 19.4 Å². The summed E-state index contributed by atoms with van der Waals surface area (Å²) in [6.07, 6.45) is 6.16. The molecule has 18 heavy (non-hydrogen) atoms. The maximum atomic E-state index is 4.33. The molecule has 0 radical (unpaired) electrons. The van der Waals surface area contributed by atoms with Crippen molar-refractivity contribution < 1.29 is 0 Å². The van der Waals surface area contributed by atoms with E-state index in [1.807, 2.05) is 12.5 Å². The standard InChI is InChI=1S/C15H19N3/c1-3-11(2)18-10-16-9-14(18)13-6-4-5-12-7-8-17-15(12)13/h4-6,9-11,17H,3,7-8H2,1-2H3. The van der Waals surface area contributed by atoms with Crippen LogP contribution in [-0.4, -0.2) is 16.1 Å². The van der Waals surface area contributed by atoms with E-state index < -0.39 is 0 Å². The highest BCUT2D eigenvalue weighted by atomic mass is 15.1. The number of nitrogens with zero attached hydrogens (tertiary/aromatic N) is 2. The topological polar surface area (TPSA) is 29.9 Å². The Balaban J connectivity index is 2.11. The van der Waals surface area contributed by atoms with E-state index in [2.05, 4.69) is 46.9 Å². The smallest absolute Gasteiger partial charge is 0.0953 e. The molecule has 1 unspecified atom stereocenters. The lowest BCUT2D eigenvalue weighted by molar-refractivity contribution is 0.535. The van der Waals surface area contributed by atoms with Crippen LogP contribution >= 0.6 is 0 Å². The van der Waals surface area contributed by atoms with Gasteiger partial charge in [-0.15, -0.1) is 0 Å². The van der Waals surface area contributed by atoms with Crippen molar-refractivity contribution in [3.05, 3.63) is 36.3 Å². The van der Waals surface area contributed by atoms with Gasteiger partial charge in [-0.2, -0.15) is 0 Å². The molecule has 1 aliphatic heterocycles. The third-order valence-electron chi connectivity index (χ3n) is 3.85. The Labute approximate surface area is 108 Å². The first-order valence-electron chi connectivity index (χ1n) is 6.69. The zero-order valence-corrected chi connectivity index (χ0v) is 11.0. The first-order chi connectivity index (χ1) is 8.81. The van der Waals surface area contributed by atoms with Crippen LogP contribution in [0, 0.1) is 0 Å². The van der Waals surface area contributed by atoms with Crippen LogP contribution < -0.4 is 5.32 Å². The van der Waals surface area contributed by atoms with Crippen molar-refractivity contribution >= 4 is 5.69 Å². The zero-order valence-electron chi connectivity index (χ0n) is 11.0. The molecule has 1 atom stereocenters. The van der Waals surface area contributed by atoms with Gasteiger partial charge in [0.1, 0.15) is 0 Å². The van der Waals surface area contributed by atoms with Crippen molar-refractivity contribution in [1.82, 2.24) is 9.55 Å². The minimum Gasteiger partial charge on any atom is -0.384 e. The minimum atomic E-state index is 0.486. The molecule has 0 aliphatic carbocycles. The summed E-state index contributed by atoms with van der Waals surface area (Å²) in [6, 6.07) is 7.03. The minimum absolute atomic E-state index is 0.486. The predicted molar refractivity (Wildman–Crippen MR) is 74.9 cm³/mol. The van der Waals surface area contributed by atoms with Crippen LogP contribution in [0.5, 0.6) is 0 Å². The van der Waals surface area contributed by atoms with Crippen LogP contribution in [0.3, 0.4) is 0 Å². The van der Waals surface area contributed by atoms with E-state index in [9.17, 15) is 0 Å². The van der Waals surface area contributed by atoms with E-state index in [1.165, 1.54) is 22.5 Å². The highest BCUT2D eigenvalue weighted by Gasteiger charge is 2.18. The summed E-state index contributed by atoms with van der Waals surface area (Å²) in [5.74, 6) is 0. The van der Waals surface area contributed by atoms with Gasteiger partial charge < -0.3 is 9.88 Å². The van der Waals surface area contributed by atoms with E-state index >= 15 is 0 Å². The predicted octanol–water partition coefficient (Wildman–Crippen LogP) is 3.49. The van der Waals surface area contributed by atoms with Gasteiger partial charge >= 0.3 is 0 Å². The Kier molecular flexibility index (Phi) is 2.82. The molecular formula is C15H19N3. The largest absolute Gasteiger partial charge is 0.384 e. The molecule has 0 bridgehead atoms. The van der Waals surface area contributed by atoms with Crippen molar-refractivity contribution in [1.29, 1.82) is 0 Å². The van der Waals surface area contributed by atoms with E-state index in [1.54, 1.807) is 0 Å². The van der Waals surface area contributed by atoms with Gasteiger partial charge in [0.25, 0.3) is 0 Å². The lowest BCUT2D eigenvalue weighted by atomic mass is 10.0. The van der Waals surface area contributed by atoms with Crippen LogP contribution in [-0.2, 0) is 6.42 Å². The molecule has 3 heteroatoms. The number of hydrogen-bond donors (Lipinski definition) is 1. The first-order valence-corrected chi connectivity index (χ1v) is 6.69. The normalized spacial score (nSPS) is 15.2.